The first-order valence-corrected chi connectivity index (χ1v) is 4.19. The van der Waals surface area contributed by atoms with Crippen molar-refractivity contribution in [3.63, 3.8) is 0 Å². The number of nitrogens with one attached hydrogen (secondary N) is 1. The number of hydrogen-bond acceptors (Lipinski definition) is 2. The van der Waals surface area contributed by atoms with Gasteiger partial charge in [-0.2, -0.15) is 0 Å². The summed E-state index contributed by atoms with van der Waals surface area (Å²) >= 11 is 6.70. The number of rotatable bonds is 0. The van der Waals surface area contributed by atoms with Crippen molar-refractivity contribution in [1.82, 2.24) is 5.32 Å². The van der Waals surface area contributed by atoms with E-state index < -0.39 is 0 Å². The van der Waals surface area contributed by atoms with E-state index in [0.717, 1.165) is 10.9 Å². The molecule has 1 nitrogen and oxygen atoms in total. The van der Waals surface area contributed by atoms with E-state index in [1.54, 1.807) is 11.8 Å². The van der Waals surface area contributed by atoms with Crippen molar-refractivity contribution in [2.24, 2.45) is 0 Å². The highest BCUT2D eigenvalue weighted by atomic mass is 32.2. The largest absolute Gasteiger partial charge is 0.371 e. The summed E-state index contributed by atoms with van der Waals surface area (Å²) in [5.74, 6) is 1.20. The quantitative estimate of drug-likeness (QED) is 0.520. The lowest BCUT2D eigenvalue weighted by Crippen LogP contribution is -2.16. The maximum absolute atomic E-state index is 4.94. The Hall–Kier alpha value is 0.240. The molecular weight excluding hydrogens is 138 g/mol. The summed E-state index contributed by atoms with van der Waals surface area (Å²) in [6.45, 7) is 1.08. The van der Waals surface area contributed by atoms with Crippen molar-refractivity contribution >= 4 is 28.3 Å². The van der Waals surface area contributed by atoms with E-state index in [1.807, 2.05) is 0 Å². The van der Waals surface area contributed by atoms with Crippen molar-refractivity contribution < 1.29 is 0 Å². The second-order valence-electron chi connectivity index (χ2n) is 1.77. The van der Waals surface area contributed by atoms with Crippen molar-refractivity contribution in [1.29, 1.82) is 0 Å². The van der Waals surface area contributed by atoms with E-state index in [2.05, 4.69) is 5.32 Å². The molecule has 46 valence electrons. The van der Waals surface area contributed by atoms with Crippen LogP contribution < -0.4 is 5.32 Å². The van der Waals surface area contributed by atoms with E-state index in [0.29, 0.717) is 0 Å². The maximum Gasteiger partial charge on any atom is 0.133 e. The Morgan fingerprint density at radius 1 is 1.50 bits per heavy atom. The average molecular weight is 147 g/mol. The summed E-state index contributed by atoms with van der Waals surface area (Å²) in [5, 5.41) is 3.14. The Bertz CT molecular complexity index is 82.4. The maximum atomic E-state index is 4.94. The molecule has 1 fully saturated rings. The molecule has 1 aliphatic heterocycles. The normalized spacial score (nSPS) is 21.8. The van der Waals surface area contributed by atoms with Gasteiger partial charge in [0.15, 0.2) is 0 Å². The molecule has 1 aliphatic rings. The number of thiocarbonyl (C=S) groups is 1. The molecule has 0 bridgehead atoms. The molecule has 8 heavy (non-hydrogen) atoms. The van der Waals surface area contributed by atoms with Gasteiger partial charge in [-0.05, 0) is 12.8 Å². The van der Waals surface area contributed by atoms with Crippen LogP contribution in [0.25, 0.3) is 0 Å². The fraction of sp³-hybridized carbons (Fsp3) is 0.800. The first-order valence-electron chi connectivity index (χ1n) is 2.80. The van der Waals surface area contributed by atoms with Crippen LogP contribution >= 0.6 is 24.0 Å². The lowest BCUT2D eigenvalue weighted by atomic mass is 10.3. The van der Waals surface area contributed by atoms with Gasteiger partial charge in [-0.3, -0.25) is 0 Å². The van der Waals surface area contributed by atoms with Crippen molar-refractivity contribution in [3.05, 3.63) is 0 Å². The molecule has 0 aromatic carbocycles. The van der Waals surface area contributed by atoms with Crippen molar-refractivity contribution in [3.8, 4) is 0 Å². The van der Waals surface area contributed by atoms with Gasteiger partial charge in [0.2, 0.25) is 0 Å². The minimum absolute atomic E-state index is 0.975. The van der Waals surface area contributed by atoms with E-state index in [4.69, 9.17) is 12.2 Å². The zero-order valence-corrected chi connectivity index (χ0v) is 6.28. The molecule has 1 N–H and O–H groups in total. The van der Waals surface area contributed by atoms with Crippen LogP contribution in [0.5, 0.6) is 0 Å². The molecule has 0 aromatic rings. The summed E-state index contributed by atoms with van der Waals surface area (Å²) in [6.07, 6.45) is 2.57. The predicted octanol–water partition coefficient (Wildman–Crippen LogP) is 1.39. The second-order valence-corrected chi connectivity index (χ2v) is 3.54. The van der Waals surface area contributed by atoms with Gasteiger partial charge in [0.05, 0.1) is 0 Å². The third-order valence-electron chi connectivity index (χ3n) is 1.07. The smallest absolute Gasteiger partial charge is 0.133 e. The SMILES string of the molecule is S=C1NCCCCS1. The van der Waals surface area contributed by atoms with Gasteiger partial charge in [0, 0.05) is 12.3 Å². The topological polar surface area (TPSA) is 12.0 Å². The molecule has 0 unspecified atom stereocenters. The van der Waals surface area contributed by atoms with Gasteiger partial charge in [-0.15, -0.1) is 0 Å². The van der Waals surface area contributed by atoms with E-state index in [9.17, 15) is 0 Å². The summed E-state index contributed by atoms with van der Waals surface area (Å²) < 4.78 is 0.975. The fourth-order valence-electron chi connectivity index (χ4n) is 0.633. The van der Waals surface area contributed by atoms with Gasteiger partial charge in [-0.1, -0.05) is 24.0 Å². The lowest BCUT2D eigenvalue weighted by molar-refractivity contribution is 0.777. The Balaban J connectivity index is 2.27. The van der Waals surface area contributed by atoms with Gasteiger partial charge in [0.1, 0.15) is 4.32 Å². The first kappa shape index (κ1) is 6.36. The number of hydrogen-bond donors (Lipinski definition) is 1. The summed E-state index contributed by atoms with van der Waals surface area (Å²) in [4.78, 5) is 0. The zero-order chi connectivity index (χ0) is 5.82. The fourth-order valence-corrected chi connectivity index (χ4v) is 1.72. The Kier molecular flexibility index (Phi) is 2.63. The standard InChI is InChI=1S/C5H9NS2/c7-5-6-3-1-2-4-8-5/h1-4H2,(H,6,7). The van der Waals surface area contributed by atoms with Crippen LogP contribution in [-0.4, -0.2) is 16.6 Å². The number of thioether (sulfide) groups is 1. The molecule has 1 heterocycles. The molecule has 0 atom stereocenters. The molecule has 0 amide bonds. The monoisotopic (exact) mass is 147 g/mol. The average Bonchev–Trinajstić information content (AvgIpc) is 1.94. The molecule has 0 aliphatic carbocycles. The van der Waals surface area contributed by atoms with Crippen LogP contribution in [0.15, 0.2) is 0 Å². The first-order chi connectivity index (χ1) is 3.89. The Labute approximate surface area is 59.2 Å². The van der Waals surface area contributed by atoms with Crippen LogP contribution in [-0.2, 0) is 0 Å². The molecule has 1 rings (SSSR count). The van der Waals surface area contributed by atoms with Crippen molar-refractivity contribution in [2.75, 3.05) is 12.3 Å². The lowest BCUT2D eigenvalue weighted by Gasteiger charge is -1.96. The van der Waals surface area contributed by atoms with E-state index in [1.165, 1.54) is 18.6 Å². The molecule has 0 saturated carbocycles. The molecule has 1 saturated heterocycles. The highest BCUT2D eigenvalue weighted by molar-refractivity contribution is 8.22. The highest BCUT2D eigenvalue weighted by Crippen LogP contribution is 2.08. The zero-order valence-electron chi connectivity index (χ0n) is 4.64. The summed E-state index contributed by atoms with van der Waals surface area (Å²) in [5.41, 5.74) is 0. The minimum atomic E-state index is 0.975. The molecular formula is C5H9NS2. The second kappa shape index (κ2) is 3.30. The van der Waals surface area contributed by atoms with E-state index in [-0.39, 0.29) is 0 Å². The third-order valence-corrected chi connectivity index (χ3v) is 2.47. The van der Waals surface area contributed by atoms with Gasteiger partial charge >= 0.3 is 0 Å². The van der Waals surface area contributed by atoms with Gasteiger partial charge in [0.25, 0.3) is 0 Å². The molecule has 0 aromatic heterocycles. The molecule has 3 heteroatoms. The summed E-state index contributed by atoms with van der Waals surface area (Å²) in [6, 6.07) is 0. The van der Waals surface area contributed by atoms with Crippen molar-refractivity contribution in [2.45, 2.75) is 12.8 Å². The van der Waals surface area contributed by atoms with E-state index >= 15 is 0 Å². The van der Waals surface area contributed by atoms with Crippen LogP contribution in [0.1, 0.15) is 12.8 Å². The molecule has 0 radical (unpaired) electrons. The minimum Gasteiger partial charge on any atom is -0.371 e. The highest BCUT2D eigenvalue weighted by Gasteiger charge is 2.00. The Morgan fingerprint density at radius 3 is 3.25 bits per heavy atom. The van der Waals surface area contributed by atoms with Gasteiger partial charge < -0.3 is 5.32 Å². The van der Waals surface area contributed by atoms with Crippen LogP contribution in [0.2, 0.25) is 0 Å². The van der Waals surface area contributed by atoms with Crippen LogP contribution in [0.3, 0.4) is 0 Å². The third kappa shape index (κ3) is 2.01. The van der Waals surface area contributed by atoms with Crippen LogP contribution in [0, 0.1) is 0 Å². The van der Waals surface area contributed by atoms with Gasteiger partial charge in [-0.25, -0.2) is 0 Å². The Morgan fingerprint density at radius 2 is 2.38 bits per heavy atom. The van der Waals surface area contributed by atoms with Crippen LogP contribution in [0.4, 0.5) is 0 Å². The predicted molar refractivity (Wildman–Crippen MR) is 42.3 cm³/mol. The summed E-state index contributed by atoms with van der Waals surface area (Å²) in [7, 11) is 0. The molecule has 0 spiro atoms.